The number of hydrogen-bond acceptors (Lipinski definition) is 0. The van der Waals surface area contributed by atoms with Gasteiger partial charge in [-0.1, -0.05) is 60.5 Å². The first-order valence-corrected chi connectivity index (χ1v) is 9.34. The maximum Gasteiger partial charge on any atom is 0.133 e. The fraction of sp³-hybridized carbons (Fsp3) is 0.0476. The molecule has 3 rings (SSSR count). The Kier molecular flexibility index (Phi) is 6.00. The van der Waals surface area contributed by atoms with Crippen molar-refractivity contribution in [2.45, 2.75) is 0 Å². The predicted molar refractivity (Wildman–Crippen MR) is 98.8 cm³/mol. The Hall–Kier alpha value is -2.06. The molecule has 0 aromatic heterocycles. The monoisotopic (exact) mass is 336 g/mol. The molecule has 114 valence electrons. The van der Waals surface area contributed by atoms with Crippen molar-refractivity contribution in [3.63, 3.8) is 0 Å². The van der Waals surface area contributed by atoms with E-state index in [1.54, 1.807) is 0 Å². The molecule has 0 fully saturated rings. The lowest BCUT2D eigenvalue weighted by molar-refractivity contribution is -0.00000423. The van der Waals surface area contributed by atoms with Crippen LogP contribution in [0, 0.1) is 12.3 Å². The van der Waals surface area contributed by atoms with E-state index in [0.717, 1.165) is 6.16 Å². The first kappa shape index (κ1) is 17.3. The summed E-state index contributed by atoms with van der Waals surface area (Å²) in [4.78, 5) is 0. The average Bonchev–Trinajstić information content (AvgIpc) is 2.62. The zero-order valence-corrected chi connectivity index (χ0v) is 14.4. The van der Waals surface area contributed by atoms with Gasteiger partial charge in [0, 0.05) is 0 Å². The third-order valence-corrected chi connectivity index (χ3v) is 8.12. The molecule has 0 atom stereocenters. The molecule has 0 aliphatic carbocycles. The third kappa shape index (κ3) is 3.32. The van der Waals surface area contributed by atoms with Gasteiger partial charge in [-0.25, -0.2) is 0 Å². The van der Waals surface area contributed by atoms with Gasteiger partial charge in [0.15, 0.2) is 0 Å². The Balaban J connectivity index is 0.00000192. The Morgan fingerprint density at radius 2 is 0.913 bits per heavy atom. The summed E-state index contributed by atoms with van der Waals surface area (Å²) < 4.78 is 0. The summed E-state index contributed by atoms with van der Waals surface area (Å²) in [5.74, 6) is 2.95. The van der Waals surface area contributed by atoms with E-state index in [0.29, 0.717) is 0 Å². The molecule has 0 bridgehead atoms. The molecule has 0 amide bonds. The number of hydrogen-bond donors (Lipinski definition) is 0. The van der Waals surface area contributed by atoms with Gasteiger partial charge in [-0.05, 0) is 36.4 Å². The Morgan fingerprint density at radius 3 is 1.17 bits per heavy atom. The van der Waals surface area contributed by atoms with Crippen molar-refractivity contribution >= 4 is 23.2 Å². The fourth-order valence-corrected chi connectivity index (χ4v) is 6.66. The molecule has 0 saturated heterocycles. The van der Waals surface area contributed by atoms with Crippen LogP contribution in [0.1, 0.15) is 0 Å². The van der Waals surface area contributed by atoms with Gasteiger partial charge in [0.2, 0.25) is 0 Å². The van der Waals surface area contributed by atoms with E-state index < -0.39 is 7.26 Å². The Labute approximate surface area is 145 Å². The summed E-state index contributed by atoms with van der Waals surface area (Å²) in [5, 5.41) is 4.01. The number of halogens is 1. The lowest BCUT2D eigenvalue weighted by Gasteiger charge is -2.25. The zero-order valence-electron chi connectivity index (χ0n) is 12.8. The van der Waals surface area contributed by atoms with Crippen LogP contribution in [0.15, 0.2) is 91.0 Å². The molecule has 0 spiro atoms. The molecule has 0 radical (unpaired) electrons. The maximum absolute atomic E-state index is 5.80. The highest BCUT2D eigenvalue weighted by molar-refractivity contribution is 7.95. The molecule has 0 nitrogen and oxygen atoms in total. The largest absolute Gasteiger partial charge is 1.00 e. The molecule has 2 heteroatoms. The lowest BCUT2D eigenvalue weighted by Crippen LogP contribution is -3.00. The third-order valence-electron chi connectivity index (χ3n) is 3.92. The van der Waals surface area contributed by atoms with E-state index in [1.807, 2.05) is 0 Å². The van der Waals surface area contributed by atoms with E-state index in [2.05, 4.69) is 96.9 Å². The van der Waals surface area contributed by atoms with Crippen LogP contribution >= 0.6 is 7.26 Å². The highest BCUT2D eigenvalue weighted by atomic mass is 35.5. The molecule has 3 aromatic carbocycles. The Morgan fingerprint density at radius 1 is 0.609 bits per heavy atom. The number of rotatable bonds is 4. The van der Waals surface area contributed by atoms with E-state index >= 15 is 0 Å². The predicted octanol–water partition coefficient (Wildman–Crippen LogP) is 0.618. The van der Waals surface area contributed by atoms with Gasteiger partial charge in [0.1, 0.15) is 29.3 Å². The van der Waals surface area contributed by atoms with E-state index in [4.69, 9.17) is 6.42 Å². The van der Waals surface area contributed by atoms with E-state index in [1.165, 1.54) is 15.9 Å². The van der Waals surface area contributed by atoms with Gasteiger partial charge in [0.05, 0.1) is 0 Å². The molecule has 0 aliphatic rings. The van der Waals surface area contributed by atoms with Gasteiger partial charge in [-0.15, -0.1) is 6.42 Å². The van der Waals surface area contributed by atoms with Crippen LogP contribution in [0.2, 0.25) is 0 Å². The van der Waals surface area contributed by atoms with Crippen molar-refractivity contribution in [1.82, 2.24) is 0 Å². The van der Waals surface area contributed by atoms with Gasteiger partial charge in [0.25, 0.3) is 0 Å². The minimum absolute atomic E-state index is 0. The summed E-state index contributed by atoms with van der Waals surface area (Å²) in [6.45, 7) is 0. The molecule has 0 N–H and O–H groups in total. The molecule has 0 heterocycles. The van der Waals surface area contributed by atoms with Crippen molar-refractivity contribution in [2.75, 3.05) is 6.16 Å². The van der Waals surface area contributed by atoms with Crippen molar-refractivity contribution < 1.29 is 12.4 Å². The first-order chi connectivity index (χ1) is 10.9. The molecule has 0 aliphatic heterocycles. The van der Waals surface area contributed by atoms with Gasteiger partial charge < -0.3 is 12.4 Å². The average molecular weight is 337 g/mol. The first-order valence-electron chi connectivity index (χ1n) is 7.36. The second kappa shape index (κ2) is 7.98. The zero-order chi connectivity index (χ0) is 15.3. The molecular formula is C21H18ClP. The SMILES string of the molecule is C#CC[P+](c1ccccc1)(c1ccccc1)c1ccccc1.[Cl-]. The van der Waals surface area contributed by atoms with Crippen molar-refractivity contribution in [2.24, 2.45) is 0 Å². The summed E-state index contributed by atoms with van der Waals surface area (Å²) in [6, 6.07) is 32.1. The van der Waals surface area contributed by atoms with Crippen LogP contribution in [0.4, 0.5) is 0 Å². The Bertz CT molecular complexity index is 665. The number of benzene rings is 3. The molecular weight excluding hydrogens is 319 g/mol. The van der Waals surface area contributed by atoms with Crippen LogP contribution in [-0.4, -0.2) is 6.16 Å². The van der Waals surface area contributed by atoms with Gasteiger partial charge >= 0.3 is 0 Å². The minimum Gasteiger partial charge on any atom is -1.00 e. The summed E-state index contributed by atoms with van der Waals surface area (Å²) in [5.41, 5.74) is 0. The quantitative estimate of drug-likeness (QED) is 0.484. The van der Waals surface area contributed by atoms with Gasteiger partial charge in [-0.2, -0.15) is 0 Å². The topological polar surface area (TPSA) is 0 Å². The molecule has 23 heavy (non-hydrogen) atoms. The summed E-state index contributed by atoms with van der Waals surface area (Å²) >= 11 is 0. The van der Waals surface area contributed by atoms with Crippen molar-refractivity contribution in [1.29, 1.82) is 0 Å². The van der Waals surface area contributed by atoms with Crippen LogP contribution in [0.3, 0.4) is 0 Å². The smallest absolute Gasteiger partial charge is 0.133 e. The maximum atomic E-state index is 5.80. The van der Waals surface area contributed by atoms with Crippen LogP contribution in [0.5, 0.6) is 0 Å². The summed E-state index contributed by atoms with van der Waals surface area (Å²) in [6.07, 6.45) is 6.55. The van der Waals surface area contributed by atoms with Crippen molar-refractivity contribution in [3.8, 4) is 12.3 Å². The second-order valence-corrected chi connectivity index (χ2v) is 8.66. The standard InChI is InChI=1S/C21H18P.ClH/c1-2-18-22(19-12-6-3-7-13-19,20-14-8-4-9-15-20)21-16-10-5-11-17-21;/h1,3-17H,18H2;1H/q+1;/p-1. The van der Waals surface area contributed by atoms with Crippen molar-refractivity contribution in [3.05, 3.63) is 91.0 Å². The molecule has 3 aromatic rings. The summed E-state index contributed by atoms with van der Waals surface area (Å²) in [7, 11) is -1.79. The van der Waals surface area contributed by atoms with Crippen LogP contribution in [0.25, 0.3) is 0 Å². The lowest BCUT2D eigenvalue weighted by atomic mass is 10.4. The van der Waals surface area contributed by atoms with E-state index in [9.17, 15) is 0 Å². The van der Waals surface area contributed by atoms with E-state index in [-0.39, 0.29) is 12.4 Å². The fourth-order valence-electron chi connectivity index (χ4n) is 2.91. The highest BCUT2D eigenvalue weighted by Gasteiger charge is 2.44. The highest BCUT2D eigenvalue weighted by Crippen LogP contribution is 2.54. The van der Waals surface area contributed by atoms with Crippen LogP contribution < -0.4 is 28.3 Å². The van der Waals surface area contributed by atoms with Crippen LogP contribution in [-0.2, 0) is 0 Å². The number of terminal acetylenes is 1. The minimum atomic E-state index is -1.79. The second-order valence-electron chi connectivity index (χ2n) is 5.18. The van der Waals surface area contributed by atoms with Gasteiger partial charge in [-0.3, -0.25) is 0 Å². The normalized spacial score (nSPS) is 10.4. The molecule has 0 unspecified atom stereocenters. The molecule has 0 saturated carbocycles.